The van der Waals surface area contributed by atoms with Crippen LogP contribution in [0.4, 0.5) is 16.4 Å². The summed E-state index contributed by atoms with van der Waals surface area (Å²) in [5.41, 5.74) is 1.55. The second-order valence-corrected chi connectivity index (χ2v) is 8.73. The van der Waals surface area contributed by atoms with Crippen LogP contribution in [0.15, 0.2) is 42.6 Å². The number of carbonyl (C=O) groups is 1. The number of hydrogen-bond acceptors (Lipinski definition) is 5. The first-order valence-corrected chi connectivity index (χ1v) is 10.5. The van der Waals surface area contributed by atoms with E-state index in [2.05, 4.69) is 30.5 Å². The minimum absolute atomic E-state index is 0.166. The van der Waals surface area contributed by atoms with Gasteiger partial charge in [-0.3, -0.25) is 15.1 Å². The molecule has 0 bridgehead atoms. The summed E-state index contributed by atoms with van der Waals surface area (Å²) < 4.78 is 26.7. The van der Waals surface area contributed by atoms with Crippen molar-refractivity contribution < 1.29 is 13.2 Å². The molecule has 1 saturated carbocycles. The van der Waals surface area contributed by atoms with Gasteiger partial charge >= 0.3 is 6.03 Å². The van der Waals surface area contributed by atoms with E-state index in [4.69, 9.17) is 0 Å². The zero-order valence-corrected chi connectivity index (χ0v) is 16.0. The Kier molecular flexibility index (Phi) is 4.63. The van der Waals surface area contributed by atoms with Crippen molar-refractivity contribution >= 4 is 38.6 Å². The number of anilines is 2. The summed E-state index contributed by atoms with van der Waals surface area (Å²) in [6, 6.07) is 10.7. The topological polar surface area (TPSA) is 129 Å². The summed E-state index contributed by atoms with van der Waals surface area (Å²) in [7, 11) is -3.41. The molecule has 28 heavy (non-hydrogen) atoms. The van der Waals surface area contributed by atoms with Crippen LogP contribution in [0.3, 0.4) is 0 Å². The molecular formula is C18H20N6O3S. The first kappa shape index (κ1) is 18.2. The number of fused-ring (bicyclic) bond motifs is 1. The van der Waals surface area contributed by atoms with Crippen molar-refractivity contribution in [3.8, 4) is 0 Å². The molecule has 0 aliphatic heterocycles. The van der Waals surface area contributed by atoms with E-state index in [1.54, 1.807) is 6.07 Å². The molecule has 0 radical (unpaired) electrons. The molecule has 0 unspecified atom stereocenters. The van der Waals surface area contributed by atoms with Crippen molar-refractivity contribution in [2.45, 2.75) is 31.1 Å². The minimum Gasteiger partial charge on any atom is -0.331 e. The van der Waals surface area contributed by atoms with Crippen LogP contribution in [0, 0.1) is 0 Å². The molecule has 0 spiro atoms. The van der Waals surface area contributed by atoms with E-state index >= 15 is 0 Å². The molecule has 1 aliphatic rings. The van der Waals surface area contributed by atoms with Gasteiger partial charge in [0.05, 0.1) is 22.2 Å². The number of H-pyrrole nitrogens is 1. The van der Waals surface area contributed by atoms with Crippen molar-refractivity contribution in [2.75, 3.05) is 10.0 Å². The summed E-state index contributed by atoms with van der Waals surface area (Å²) >= 11 is 0. The fourth-order valence-corrected chi connectivity index (χ4v) is 4.18. The third kappa shape index (κ3) is 3.91. The fraction of sp³-hybridized carbons (Fsp3) is 0.278. The number of sulfonamides is 1. The molecule has 3 aromatic rings. The van der Waals surface area contributed by atoms with Gasteiger partial charge in [0.15, 0.2) is 5.82 Å². The van der Waals surface area contributed by atoms with Gasteiger partial charge in [-0.25, -0.2) is 18.2 Å². The maximum absolute atomic E-state index is 12.2. The molecule has 10 heteroatoms. The molecule has 0 saturated heterocycles. The normalized spacial score (nSPS) is 15.2. The van der Waals surface area contributed by atoms with E-state index in [1.165, 1.54) is 6.20 Å². The van der Waals surface area contributed by atoms with Gasteiger partial charge in [0.25, 0.3) is 0 Å². The lowest BCUT2D eigenvalue weighted by Crippen LogP contribution is -2.31. The standard InChI is InChI=1S/C18H20N6O3S/c1-11(12-5-3-2-4-6-12)20-18(25)21-16-9-15-14(10-19-16)17(23-22-15)24-28(26,27)13-7-8-13/h2-6,9-11,13H,7-8H2,1H3,(H2,22,23,24)(H2,19,20,21,25)/t11-/m1/s1. The first-order chi connectivity index (χ1) is 13.4. The van der Waals surface area contributed by atoms with E-state index < -0.39 is 16.1 Å². The molecular weight excluding hydrogens is 380 g/mol. The quantitative estimate of drug-likeness (QED) is 0.506. The molecule has 146 valence electrons. The van der Waals surface area contributed by atoms with Crippen molar-refractivity contribution in [2.24, 2.45) is 0 Å². The van der Waals surface area contributed by atoms with E-state index in [-0.39, 0.29) is 17.1 Å². The Balaban J connectivity index is 1.44. The number of carbonyl (C=O) groups excluding carboxylic acids is 1. The van der Waals surface area contributed by atoms with Gasteiger partial charge in [-0.1, -0.05) is 30.3 Å². The Morgan fingerprint density at radius 1 is 1.25 bits per heavy atom. The zero-order valence-electron chi connectivity index (χ0n) is 15.1. The SMILES string of the molecule is C[C@@H](NC(=O)Nc1cc2[nH]nc(NS(=O)(=O)C3CC3)c2cn1)c1ccccc1. The van der Waals surface area contributed by atoms with Gasteiger partial charge in [0.2, 0.25) is 10.0 Å². The van der Waals surface area contributed by atoms with E-state index in [0.29, 0.717) is 29.6 Å². The summed E-state index contributed by atoms with van der Waals surface area (Å²) in [5.74, 6) is 0.536. The molecule has 1 fully saturated rings. The highest BCUT2D eigenvalue weighted by Gasteiger charge is 2.36. The summed E-state index contributed by atoms with van der Waals surface area (Å²) in [5, 5.41) is 12.5. The number of nitrogens with one attached hydrogen (secondary N) is 4. The number of nitrogens with zero attached hydrogens (tertiary/aromatic N) is 2. The second-order valence-electron chi connectivity index (χ2n) is 6.76. The minimum atomic E-state index is -3.41. The number of rotatable bonds is 6. The molecule has 2 heterocycles. The number of amides is 2. The summed E-state index contributed by atoms with van der Waals surface area (Å²) in [6.45, 7) is 1.89. The van der Waals surface area contributed by atoms with Crippen LogP contribution in [0.2, 0.25) is 0 Å². The molecule has 2 amide bonds. The Hall–Kier alpha value is -3.14. The number of aromatic nitrogens is 3. The van der Waals surface area contributed by atoms with Crippen molar-refractivity contribution in [3.63, 3.8) is 0 Å². The summed E-state index contributed by atoms with van der Waals surface area (Å²) in [4.78, 5) is 16.4. The molecule has 2 aromatic heterocycles. The van der Waals surface area contributed by atoms with Crippen molar-refractivity contribution in [1.29, 1.82) is 0 Å². The maximum atomic E-state index is 12.2. The average Bonchev–Trinajstić information content (AvgIpc) is 3.46. The molecule has 9 nitrogen and oxygen atoms in total. The number of pyridine rings is 1. The van der Waals surface area contributed by atoms with Crippen molar-refractivity contribution in [1.82, 2.24) is 20.5 Å². The maximum Gasteiger partial charge on any atom is 0.320 e. The first-order valence-electron chi connectivity index (χ1n) is 8.90. The van der Waals surface area contributed by atoms with Gasteiger partial charge in [-0.2, -0.15) is 5.10 Å². The number of aromatic amines is 1. The predicted molar refractivity (Wildman–Crippen MR) is 106 cm³/mol. The van der Waals surface area contributed by atoms with Crippen LogP contribution in [-0.2, 0) is 10.0 Å². The van der Waals surface area contributed by atoms with Crippen LogP contribution in [-0.4, -0.2) is 34.9 Å². The molecule has 4 rings (SSSR count). The smallest absolute Gasteiger partial charge is 0.320 e. The number of urea groups is 1. The second kappa shape index (κ2) is 7.12. The van der Waals surface area contributed by atoms with Crippen LogP contribution >= 0.6 is 0 Å². The predicted octanol–water partition coefficient (Wildman–Crippen LogP) is 2.74. The Bertz CT molecular complexity index is 1110. The monoisotopic (exact) mass is 400 g/mol. The molecule has 1 aromatic carbocycles. The number of hydrogen-bond donors (Lipinski definition) is 4. The lowest BCUT2D eigenvalue weighted by molar-refractivity contribution is 0.249. The lowest BCUT2D eigenvalue weighted by atomic mass is 10.1. The van der Waals surface area contributed by atoms with E-state index in [1.807, 2.05) is 37.3 Å². The van der Waals surface area contributed by atoms with Crippen LogP contribution in [0.25, 0.3) is 10.9 Å². The van der Waals surface area contributed by atoms with Gasteiger partial charge in [-0.05, 0) is 25.3 Å². The van der Waals surface area contributed by atoms with Gasteiger partial charge in [-0.15, -0.1) is 0 Å². The van der Waals surface area contributed by atoms with Crippen LogP contribution in [0.5, 0.6) is 0 Å². The van der Waals surface area contributed by atoms with Crippen molar-refractivity contribution in [3.05, 3.63) is 48.2 Å². The number of benzene rings is 1. The Morgan fingerprint density at radius 3 is 2.71 bits per heavy atom. The molecule has 4 N–H and O–H groups in total. The fourth-order valence-electron chi connectivity index (χ4n) is 2.83. The highest BCUT2D eigenvalue weighted by atomic mass is 32.2. The average molecular weight is 400 g/mol. The lowest BCUT2D eigenvalue weighted by Gasteiger charge is -2.14. The van der Waals surface area contributed by atoms with Crippen LogP contribution in [0.1, 0.15) is 31.4 Å². The Morgan fingerprint density at radius 2 is 2.00 bits per heavy atom. The van der Waals surface area contributed by atoms with Gasteiger partial charge in [0.1, 0.15) is 5.82 Å². The Labute approximate surface area is 162 Å². The molecule has 1 aliphatic carbocycles. The highest BCUT2D eigenvalue weighted by Crippen LogP contribution is 2.31. The largest absolute Gasteiger partial charge is 0.331 e. The molecule has 1 atom stereocenters. The third-order valence-electron chi connectivity index (χ3n) is 4.54. The van der Waals surface area contributed by atoms with Crippen LogP contribution < -0.4 is 15.4 Å². The zero-order chi connectivity index (χ0) is 19.7. The highest BCUT2D eigenvalue weighted by molar-refractivity contribution is 7.93. The van der Waals surface area contributed by atoms with Gasteiger partial charge < -0.3 is 5.32 Å². The third-order valence-corrected chi connectivity index (χ3v) is 6.37. The summed E-state index contributed by atoms with van der Waals surface area (Å²) in [6.07, 6.45) is 2.81. The van der Waals surface area contributed by atoms with E-state index in [0.717, 1.165) is 5.56 Å². The van der Waals surface area contributed by atoms with E-state index in [9.17, 15) is 13.2 Å². The van der Waals surface area contributed by atoms with Gasteiger partial charge in [0, 0.05) is 12.3 Å².